The van der Waals surface area contributed by atoms with Crippen LogP contribution >= 0.6 is 0 Å². The fourth-order valence-corrected chi connectivity index (χ4v) is 3.10. The van der Waals surface area contributed by atoms with Crippen LogP contribution in [0.5, 0.6) is 0 Å². The smallest absolute Gasteiger partial charge is 0.319 e. The number of carbonyl (C=O) groups is 3. The molecule has 148 valence electrons. The van der Waals surface area contributed by atoms with Crippen LogP contribution in [-0.4, -0.2) is 65.0 Å². The second-order valence-electron chi connectivity index (χ2n) is 6.91. The van der Waals surface area contributed by atoms with Crippen LogP contribution in [0.1, 0.15) is 23.3 Å². The molecule has 3 N–H and O–H groups in total. The van der Waals surface area contributed by atoms with E-state index in [4.69, 9.17) is 0 Å². The van der Waals surface area contributed by atoms with Gasteiger partial charge in [-0.2, -0.15) is 5.10 Å². The van der Waals surface area contributed by atoms with E-state index in [1.807, 2.05) is 30.3 Å². The minimum absolute atomic E-state index is 0.0550. The molecule has 0 spiro atoms. The van der Waals surface area contributed by atoms with Gasteiger partial charge in [0.2, 0.25) is 5.91 Å². The molecule has 0 radical (unpaired) electrons. The first kappa shape index (κ1) is 19.4. The molecule has 28 heavy (non-hydrogen) atoms. The summed E-state index contributed by atoms with van der Waals surface area (Å²) in [6.07, 6.45) is 1.12. The Hall–Kier alpha value is -3.36. The van der Waals surface area contributed by atoms with Gasteiger partial charge in [-0.25, -0.2) is 4.79 Å². The minimum Gasteiger partial charge on any atom is -0.331 e. The van der Waals surface area contributed by atoms with E-state index in [0.717, 1.165) is 5.56 Å². The number of benzene rings is 1. The zero-order valence-corrected chi connectivity index (χ0v) is 15.9. The average Bonchev–Trinajstić information content (AvgIpc) is 3.22. The molecule has 1 aliphatic heterocycles. The third-order valence-electron chi connectivity index (χ3n) is 4.71. The first-order valence-electron chi connectivity index (χ1n) is 9.13. The van der Waals surface area contributed by atoms with Crippen molar-refractivity contribution in [2.75, 3.05) is 27.2 Å². The van der Waals surface area contributed by atoms with Gasteiger partial charge < -0.3 is 9.80 Å². The summed E-state index contributed by atoms with van der Waals surface area (Å²) in [5.74, 6) is -0.968. The third kappa shape index (κ3) is 4.48. The number of nitrogens with zero attached hydrogens (tertiary/aromatic N) is 3. The van der Waals surface area contributed by atoms with Gasteiger partial charge >= 0.3 is 6.03 Å². The quantitative estimate of drug-likeness (QED) is 0.691. The summed E-state index contributed by atoms with van der Waals surface area (Å²) in [4.78, 5) is 39.7. The lowest BCUT2D eigenvalue weighted by molar-refractivity contribution is -0.127. The van der Waals surface area contributed by atoms with Crippen LogP contribution in [0.25, 0.3) is 11.3 Å². The highest BCUT2D eigenvalue weighted by atomic mass is 16.2. The highest BCUT2D eigenvalue weighted by Crippen LogP contribution is 2.18. The number of urea groups is 1. The molecular formula is C19H24N6O3. The molecule has 9 heteroatoms. The molecule has 0 atom stereocenters. The summed E-state index contributed by atoms with van der Waals surface area (Å²) in [5, 5.41) is 6.80. The SMILES string of the molecule is CN(C)C(=O)N1CCC(C(=O)NNC(=O)c2cc(-c3ccccc3)n[nH]2)CC1. The molecule has 0 unspecified atom stereocenters. The lowest BCUT2D eigenvalue weighted by Crippen LogP contribution is -2.49. The predicted octanol–water partition coefficient (Wildman–Crippen LogP) is 1.23. The summed E-state index contributed by atoms with van der Waals surface area (Å²) in [6.45, 7) is 1.04. The normalized spacial score (nSPS) is 14.4. The first-order chi connectivity index (χ1) is 13.5. The van der Waals surface area contributed by atoms with Crippen molar-refractivity contribution in [2.24, 2.45) is 5.92 Å². The number of nitrogens with one attached hydrogen (secondary N) is 3. The van der Waals surface area contributed by atoms with Crippen LogP contribution in [0.15, 0.2) is 36.4 Å². The lowest BCUT2D eigenvalue weighted by atomic mass is 9.96. The van der Waals surface area contributed by atoms with Gasteiger partial charge in [-0.1, -0.05) is 30.3 Å². The fourth-order valence-electron chi connectivity index (χ4n) is 3.10. The highest BCUT2D eigenvalue weighted by molar-refractivity contribution is 5.94. The number of likely N-dealkylation sites (tertiary alicyclic amines) is 1. The van der Waals surface area contributed by atoms with Crippen molar-refractivity contribution in [3.63, 3.8) is 0 Å². The lowest BCUT2D eigenvalue weighted by Gasteiger charge is -2.32. The molecule has 2 aromatic rings. The molecule has 1 fully saturated rings. The maximum absolute atomic E-state index is 12.3. The summed E-state index contributed by atoms with van der Waals surface area (Å²) in [6, 6.07) is 11.0. The van der Waals surface area contributed by atoms with Crippen molar-refractivity contribution in [2.45, 2.75) is 12.8 Å². The Morgan fingerprint density at radius 2 is 1.79 bits per heavy atom. The summed E-state index contributed by atoms with van der Waals surface area (Å²) >= 11 is 0. The zero-order chi connectivity index (χ0) is 20.1. The maximum atomic E-state index is 12.3. The molecule has 1 aromatic heterocycles. The molecule has 4 amide bonds. The number of hydrogen-bond donors (Lipinski definition) is 3. The topological polar surface area (TPSA) is 110 Å². The Bertz CT molecular complexity index is 840. The Kier molecular flexibility index (Phi) is 5.93. The zero-order valence-electron chi connectivity index (χ0n) is 15.9. The van der Waals surface area contributed by atoms with Gasteiger partial charge in [-0.05, 0) is 18.9 Å². The predicted molar refractivity (Wildman–Crippen MR) is 103 cm³/mol. The van der Waals surface area contributed by atoms with E-state index in [2.05, 4.69) is 21.0 Å². The van der Waals surface area contributed by atoms with Crippen LogP contribution in [-0.2, 0) is 4.79 Å². The van der Waals surface area contributed by atoms with E-state index in [9.17, 15) is 14.4 Å². The van der Waals surface area contributed by atoms with E-state index >= 15 is 0 Å². The molecule has 1 aromatic carbocycles. The number of H-pyrrole nitrogens is 1. The van der Waals surface area contributed by atoms with E-state index in [0.29, 0.717) is 31.6 Å². The van der Waals surface area contributed by atoms with Gasteiger partial charge in [0.1, 0.15) is 5.69 Å². The van der Waals surface area contributed by atoms with Crippen molar-refractivity contribution in [3.05, 3.63) is 42.1 Å². The van der Waals surface area contributed by atoms with Gasteiger partial charge in [0, 0.05) is 38.7 Å². The summed E-state index contributed by atoms with van der Waals surface area (Å²) in [5.41, 5.74) is 6.67. The number of carbonyl (C=O) groups excluding carboxylic acids is 3. The molecule has 2 heterocycles. The van der Waals surface area contributed by atoms with Crippen LogP contribution in [0.2, 0.25) is 0 Å². The van der Waals surface area contributed by atoms with Crippen molar-refractivity contribution < 1.29 is 14.4 Å². The molecular weight excluding hydrogens is 360 g/mol. The van der Waals surface area contributed by atoms with Gasteiger partial charge in [-0.3, -0.25) is 25.5 Å². The number of piperidine rings is 1. The second-order valence-corrected chi connectivity index (χ2v) is 6.91. The van der Waals surface area contributed by atoms with E-state index in [1.165, 1.54) is 4.90 Å². The van der Waals surface area contributed by atoms with Crippen LogP contribution < -0.4 is 10.9 Å². The van der Waals surface area contributed by atoms with Gasteiger partial charge in [-0.15, -0.1) is 0 Å². The van der Waals surface area contributed by atoms with E-state index in [-0.39, 0.29) is 23.6 Å². The largest absolute Gasteiger partial charge is 0.331 e. The van der Waals surface area contributed by atoms with Crippen molar-refractivity contribution in [1.82, 2.24) is 30.8 Å². The molecule has 9 nitrogen and oxygen atoms in total. The third-order valence-corrected chi connectivity index (χ3v) is 4.71. The molecule has 0 bridgehead atoms. The second kappa shape index (κ2) is 8.55. The Labute approximate surface area is 163 Å². The van der Waals surface area contributed by atoms with Crippen molar-refractivity contribution in [1.29, 1.82) is 0 Å². The highest BCUT2D eigenvalue weighted by Gasteiger charge is 2.28. The van der Waals surface area contributed by atoms with Crippen molar-refractivity contribution in [3.8, 4) is 11.3 Å². The fraction of sp³-hybridized carbons (Fsp3) is 0.368. The number of hydrogen-bond acceptors (Lipinski definition) is 4. The van der Waals surface area contributed by atoms with E-state index < -0.39 is 5.91 Å². The number of aromatic nitrogens is 2. The summed E-state index contributed by atoms with van der Waals surface area (Å²) in [7, 11) is 3.41. The van der Waals surface area contributed by atoms with E-state index in [1.54, 1.807) is 25.1 Å². The molecule has 1 saturated heterocycles. The maximum Gasteiger partial charge on any atom is 0.319 e. The Morgan fingerprint density at radius 1 is 1.11 bits per heavy atom. The standard InChI is InChI=1S/C19H24N6O3/c1-24(2)19(28)25-10-8-14(9-11-25)17(26)22-23-18(27)16-12-15(20-21-16)13-6-4-3-5-7-13/h3-7,12,14H,8-11H2,1-2H3,(H,20,21)(H,22,26)(H,23,27). The molecule has 1 aliphatic rings. The Morgan fingerprint density at radius 3 is 2.43 bits per heavy atom. The number of amides is 4. The monoisotopic (exact) mass is 384 g/mol. The molecule has 0 saturated carbocycles. The van der Waals surface area contributed by atoms with Crippen molar-refractivity contribution >= 4 is 17.8 Å². The minimum atomic E-state index is -0.469. The Balaban J connectivity index is 1.48. The van der Waals surface area contributed by atoms with Gasteiger partial charge in [0.05, 0.1) is 5.69 Å². The van der Waals surface area contributed by atoms with Crippen LogP contribution in [0.3, 0.4) is 0 Å². The molecule has 3 rings (SSSR count). The number of aromatic amines is 1. The van der Waals surface area contributed by atoms with Gasteiger partial charge in [0.15, 0.2) is 0 Å². The van der Waals surface area contributed by atoms with Crippen LogP contribution in [0.4, 0.5) is 4.79 Å². The first-order valence-corrected chi connectivity index (χ1v) is 9.13. The van der Waals surface area contributed by atoms with Gasteiger partial charge in [0.25, 0.3) is 5.91 Å². The average molecular weight is 384 g/mol. The summed E-state index contributed by atoms with van der Waals surface area (Å²) < 4.78 is 0. The number of hydrazine groups is 1. The molecule has 0 aliphatic carbocycles. The number of rotatable bonds is 3. The van der Waals surface area contributed by atoms with Crippen LogP contribution in [0, 0.1) is 5.92 Å².